The minimum atomic E-state index is -1.20. The van der Waals surface area contributed by atoms with Crippen LogP contribution < -0.4 is 0 Å². The molecule has 1 spiro atoms. The molecule has 2 aromatic rings. The molecule has 7 atom stereocenters. The fourth-order valence-electron chi connectivity index (χ4n) is 8.22. The molecule has 8 heteroatoms. The Hall–Kier alpha value is -3.75. The van der Waals surface area contributed by atoms with Crippen LogP contribution >= 0.6 is 0 Å². The molecule has 2 aromatic carbocycles. The summed E-state index contributed by atoms with van der Waals surface area (Å²) in [5.74, 6) is -2.44. The number of likely N-dealkylation sites (tertiary alicyclic amines) is 1. The van der Waals surface area contributed by atoms with Crippen LogP contribution in [0.2, 0.25) is 0 Å². The molecule has 0 radical (unpaired) electrons. The molecule has 5 rings (SSSR count). The van der Waals surface area contributed by atoms with E-state index in [0.29, 0.717) is 39.0 Å². The molecule has 46 heavy (non-hydrogen) atoms. The summed E-state index contributed by atoms with van der Waals surface area (Å²) in [6.45, 7) is 15.1. The van der Waals surface area contributed by atoms with E-state index in [1.54, 1.807) is 26.9 Å². The van der Waals surface area contributed by atoms with Crippen molar-refractivity contribution >= 4 is 17.7 Å². The Kier molecular flexibility index (Phi) is 10.2. The number of nitrogens with zero attached hydrogens (tertiary/aromatic N) is 3. The van der Waals surface area contributed by atoms with E-state index in [2.05, 4.69) is 27.0 Å². The molecule has 3 amide bonds. The summed E-state index contributed by atoms with van der Waals surface area (Å²) in [4.78, 5) is 49.5. The van der Waals surface area contributed by atoms with Gasteiger partial charge in [0.1, 0.15) is 11.6 Å². The van der Waals surface area contributed by atoms with Crippen molar-refractivity contribution in [1.29, 1.82) is 0 Å². The maximum absolute atomic E-state index is 14.9. The molecule has 3 heterocycles. The first-order valence-corrected chi connectivity index (χ1v) is 16.7. The van der Waals surface area contributed by atoms with Gasteiger partial charge in [0, 0.05) is 26.2 Å². The van der Waals surface area contributed by atoms with Crippen molar-refractivity contribution in [3.63, 3.8) is 0 Å². The Morgan fingerprint density at radius 3 is 2.22 bits per heavy atom. The highest BCUT2D eigenvalue weighted by Crippen LogP contribution is 2.66. The summed E-state index contributed by atoms with van der Waals surface area (Å²) in [6, 6.07) is 17.8. The monoisotopic (exact) mass is 627 g/mol. The van der Waals surface area contributed by atoms with Gasteiger partial charge in [0.2, 0.25) is 17.7 Å². The average molecular weight is 628 g/mol. The number of carbonyl (C=O) groups excluding carboxylic acids is 3. The van der Waals surface area contributed by atoms with E-state index in [0.717, 1.165) is 24.0 Å². The fraction of sp³-hybridized carbons (Fsp3) is 0.500. The zero-order valence-electron chi connectivity index (χ0n) is 27.5. The lowest BCUT2D eigenvalue weighted by atomic mass is 9.62. The largest absolute Gasteiger partial charge is 0.394 e. The molecule has 2 bridgehead atoms. The number of rotatable bonds is 15. The van der Waals surface area contributed by atoms with Gasteiger partial charge < -0.3 is 24.5 Å². The number of carbonyl (C=O) groups is 3. The van der Waals surface area contributed by atoms with Crippen LogP contribution in [-0.2, 0) is 32.1 Å². The van der Waals surface area contributed by atoms with Gasteiger partial charge in [-0.3, -0.25) is 14.4 Å². The first-order chi connectivity index (χ1) is 22.2. The molecule has 0 saturated carbocycles. The maximum Gasteiger partial charge on any atom is 0.248 e. The lowest BCUT2D eigenvalue weighted by Crippen LogP contribution is -2.59. The van der Waals surface area contributed by atoms with E-state index in [1.807, 2.05) is 67.6 Å². The molecule has 8 nitrogen and oxygen atoms in total. The summed E-state index contributed by atoms with van der Waals surface area (Å²) >= 11 is 0. The zero-order valence-corrected chi connectivity index (χ0v) is 27.5. The molecule has 0 aliphatic carbocycles. The van der Waals surface area contributed by atoms with Crippen molar-refractivity contribution in [2.45, 2.75) is 76.3 Å². The third kappa shape index (κ3) is 5.82. The standard InChI is InChI=1S/C38H49N3O5/c1-6-9-22-39(20-7-2)36(45)33-38-24-27(4)37(5,46-38)31(34(43)40(21-8-3)25-29-18-14-11-15-19-29)32(38)35(44)41(33)30(26-42)23-28-16-12-10-13-17-28/h7-8,10-19,27,30-33,42H,2-3,6,9,20-26H2,1,4-5H3/t27?,30-,31+,32+,33?,37-,38?/m1/s1. The van der Waals surface area contributed by atoms with Gasteiger partial charge in [0.15, 0.2) is 0 Å². The number of ether oxygens (including phenoxy) is 1. The Morgan fingerprint density at radius 1 is 1.02 bits per heavy atom. The average Bonchev–Trinajstić information content (AvgIpc) is 3.58. The normalized spacial score (nSPS) is 28.5. The number of hydrogen-bond acceptors (Lipinski definition) is 5. The smallest absolute Gasteiger partial charge is 0.248 e. The third-order valence-electron chi connectivity index (χ3n) is 10.5. The maximum atomic E-state index is 14.9. The van der Waals surface area contributed by atoms with Gasteiger partial charge in [-0.25, -0.2) is 0 Å². The molecular formula is C38H49N3O5. The summed E-state index contributed by atoms with van der Waals surface area (Å²) in [7, 11) is 0. The highest BCUT2D eigenvalue weighted by molar-refractivity contribution is 5.99. The molecule has 3 saturated heterocycles. The van der Waals surface area contributed by atoms with Crippen LogP contribution in [-0.4, -0.2) is 87.1 Å². The molecular weight excluding hydrogens is 578 g/mol. The third-order valence-corrected chi connectivity index (χ3v) is 10.5. The Morgan fingerprint density at radius 2 is 1.63 bits per heavy atom. The van der Waals surface area contributed by atoms with E-state index in [-0.39, 0.29) is 30.2 Å². The second kappa shape index (κ2) is 13.9. The summed E-state index contributed by atoms with van der Waals surface area (Å²) in [6.07, 6.45) is 5.95. The van der Waals surface area contributed by atoms with Crippen LogP contribution in [0.1, 0.15) is 51.2 Å². The first kappa shape index (κ1) is 33.6. The van der Waals surface area contributed by atoms with E-state index in [4.69, 9.17) is 4.74 Å². The van der Waals surface area contributed by atoms with Crippen molar-refractivity contribution < 1.29 is 24.2 Å². The van der Waals surface area contributed by atoms with Gasteiger partial charge in [0.05, 0.1) is 30.1 Å². The molecule has 3 fully saturated rings. The predicted molar refractivity (Wildman–Crippen MR) is 178 cm³/mol. The number of aliphatic hydroxyl groups is 1. The Balaban J connectivity index is 1.60. The Labute approximate surface area is 273 Å². The molecule has 1 N–H and O–H groups in total. The quantitative estimate of drug-likeness (QED) is 0.291. The second-order valence-electron chi connectivity index (χ2n) is 13.4. The molecule has 3 unspecified atom stereocenters. The fourth-order valence-corrected chi connectivity index (χ4v) is 8.22. The second-order valence-corrected chi connectivity index (χ2v) is 13.4. The van der Waals surface area contributed by atoms with Crippen molar-refractivity contribution in [2.75, 3.05) is 26.2 Å². The van der Waals surface area contributed by atoms with Crippen LogP contribution in [0.3, 0.4) is 0 Å². The summed E-state index contributed by atoms with van der Waals surface area (Å²) < 4.78 is 7.02. The first-order valence-electron chi connectivity index (χ1n) is 16.7. The van der Waals surface area contributed by atoms with Crippen LogP contribution in [0.4, 0.5) is 0 Å². The van der Waals surface area contributed by atoms with Gasteiger partial charge in [-0.1, -0.05) is 93.1 Å². The van der Waals surface area contributed by atoms with E-state index >= 15 is 0 Å². The lowest BCUT2D eigenvalue weighted by Gasteiger charge is -2.39. The number of fused-ring (bicyclic) bond motifs is 1. The predicted octanol–water partition coefficient (Wildman–Crippen LogP) is 4.63. The van der Waals surface area contributed by atoms with Gasteiger partial charge in [-0.05, 0) is 43.2 Å². The number of aliphatic hydroxyl groups excluding tert-OH is 1. The van der Waals surface area contributed by atoms with Crippen LogP contribution in [0.5, 0.6) is 0 Å². The van der Waals surface area contributed by atoms with Gasteiger partial charge >= 0.3 is 0 Å². The summed E-state index contributed by atoms with van der Waals surface area (Å²) in [5, 5.41) is 10.8. The van der Waals surface area contributed by atoms with Crippen molar-refractivity contribution in [3.8, 4) is 0 Å². The van der Waals surface area contributed by atoms with Gasteiger partial charge in [0.25, 0.3) is 0 Å². The van der Waals surface area contributed by atoms with E-state index in [1.165, 1.54) is 0 Å². The number of unbranched alkanes of at least 4 members (excludes halogenated alkanes) is 1. The van der Waals surface area contributed by atoms with Gasteiger partial charge in [-0.15, -0.1) is 13.2 Å². The minimum Gasteiger partial charge on any atom is -0.394 e. The highest BCUT2D eigenvalue weighted by atomic mass is 16.5. The Bertz CT molecular complexity index is 1420. The number of amides is 3. The molecule has 3 aliphatic heterocycles. The SMILES string of the molecule is C=CCN(CCCC)C(=O)C1N([C@@H](CO)Cc2ccccc2)C(=O)[C@@H]2[C@@H](C(=O)N(CC=C)Cc3ccccc3)[C@]3(C)OC12CC3C. The van der Waals surface area contributed by atoms with Gasteiger partial charge in [-0.2, -0.15) is 0 Å². The van der Waals surface area contributed by atoms with Crippen molar-refractivity contribution in [1.82, 2.24) is 14.7 Å². The molecule has 246 valence electrons. The van der Waals surface area contributed by atoms with Crippen LogP contribution in [0, 0.1) is 17.8 Å². The van der Waals surface area contributed by atoms with Crippen LogP contribution in [0.25, 0.3) is 0 Å². The van der Waals surface area contributed by atoms with Crippen molar-refractivity contribution in [3.05, 3.63) is 97.1 Å². The van der Waals surface area contributed by atoms with Crippen molar-refractivity contribution in [2.24, 2.45) is 17.8 Å². The summed E-state index contributed by atoms with van der Waals surface area (Å²) in [5.41, 5.74) is -0.229. The topological polar surface area (TPSA) is 90.4 Å². The molecule has 0 aromatic heterocycles. The highest BCUT2D eigenvalue weighted by Gasteiger charge is 2.80. The number of benzene rings is 2. The van der Waals surface area contributed by atoms with E-state index in [9.17, 15) is 19.5 Å². The van der Waals surface area contributed by atoms with E-state index < -0.39 is 35.1 Å². The number of hydrogen-bond donors (Lipinski definition) is 1. The van der Waals surface area contributed by atoms with Crippen LogP contribution in [0.15, 0.2) is 86.0 Å². The lowest BCUT2D eigenvalue weighted by molar-refractivity contribution is -0.157. The zero-order chi connectivity index (χ0) is 33.1. The molecule has 3 aliphatic rings. The minimum absolute atomic E-state index is 0.0896.